The maximum absolute atomic E-state index is 10.6. The predicted molar refractivity (Wildman–Crippen MR) is 64.4 cm³/mol. The molecule has 1 rings (SSSR count). The molecule has 3 N–H and O–H groups in total. The summed E-state index contributed by atoms with van der Waals surface area (Å²) >= 11 is 0. The van der Waals surface area contributed by atoms with E-state index in [9.17, 15) is 4.79 Å². The molecular weight excluding hydrogens is 204 g/mol. The highest BCUT2D eigenvalue weighted by Crippen LogP contribution is 2.30. The lowest BCUT2D eigenvalue weighted by Gasteiger charge is -2.29. The molecule has 0 unspecified atom stereocenters. The van der Waals surface area contributed by atoms with Crippen LogP contribution in [0, 0.1) is 11.8 Å². The van der Waals surface area contributed by atoms with Crippen LogP contribution in [0.2, 0.25) is 0 Å². The second-order valence-corrected chi connectivity index (χ2v) is 5.28. The molecule has 0 aromatic rings. The van der Waals surface area contributed by atoms with Gasteiger partial charge in [0.2, 0.25) is 0 Å². The molecule has 94 valence electrons. The van der Waals surface area contributed by atoms with Gasteiger partial charge in [-0.15, -0.1) is 0 Å². The third-order valence-electron chi connectivity index (χ3n) is 3.61. The number of nitrogens with two attached hydrogens (primary N) is 1. The molecule has 0 spiro atoms. The lowest BCUT2D eigenvalue weighted by atomic mass is 9.80. The lowest BCUT2D eigenvalue weighted by Crippen LogP contribution is -2.39. The van der Waals surface area contributed by atoms with Gasteiger partial charge < -0.3 is 15.7 Å². The fourth-order valence-corrected chi connectivity index (χ4v) is 2.50. The molecule has 0 radical (unpaired) electrons. The maximum Gasteiger partial charge on any atom is 0.407 e. The van der Waals surface area contributed by atoms with Gasteiger partial charge in [-0.05, 0) is 18.3 Å². The van der Waals surface area contributed by atoms with Crippen molar-refractivity contribution in [3.05, 3.63) is 0 Å². The number of amides is 1. The molecule has 1 fully saturated rings. The van der Waals surface area contributed by atoms with Gasteiger partial charge >= 0.3 is 6.09 Å². The van der Waals surface area contributed by atoms with E-state index >= 15 is 0 Å². The Morgan fingerprint density at radius 1 is 1.44 bits per heavy atom. The molecule has 0 aromatic carbocycles. The van der Waals surface area contributed by atoms with E-state index in [1.54, 1.807) is 7.05 Å². The first-order valence-corrected chi connectivity index (χ1v) is 6.18. The van der Waals surface area contributed by atoms with E-state index in [0.717, 1.165) is 12.3 Å². The SMILES string of the molecule is CC1CCC(C[C@H](N)CN(C)C(=O)O)CC1. The standard InChI is InChI=1S/C12H24N2O2/c1-9-3-5-10(6-4-9)7-11(13)8-14(2)12(15)16/h9-11H,3-8,13H2,1-2H3,(H,15,16)/t9?,10?,11-/m0/s1. The van der Waals surface area contributed by atoms with Gasteiger partial charge in [0.25, 0.3) is 0 Å². The van der Waals surface area contributed by atoms with Crippen molar-refractivity contribution in [3.63, 3.8) is 0 Å². The summed E-state index contributed by atoms with van der Waals surface area (Å²) in [7, 11) is 1.57. The van der Waals surface area contributed by atoms with Gasteiger partial charge in [-0.2, -0.15) is 0 Å². The zero-order valence-electron chi connectivity index (χ0n) is 10.4. The van der Waals surface area contributed by atoms with Gasteiger partial charge in [-0.25, -0.2) is 4.79 Å². The molecule has 0 aromatic heterocycles. The number of hydrogen-bond donors (Lipinski definition) is 2. The summed E-state index contributed by atoms with van der Waals surface area (Å²) in [5, 5.41) is 8.74. The van der Waals surface area contributed by atoms with E-state index in [0.29, 0.717) is 12.5 Å². The van der Waals surface area contributed by atoms with E-state index < -0.39 is 6.09 Å². The molecule has 0 heterocycles. The average molecular weight is 228 g/mol. The second kappa shape index (κ2) is 6.09. The van der Waals surface area contributed by atoms with Crippen molar-refractivity contribution in [2.24, 2.45) is 17.6 Å². The average Bonchev–Trinajstić information content (AvgIpc) is 2.21. The van der Waals surface area contributed by atoms with Crippen molar-refractivity contribution in [1.82, 2.24) is 4.90 Å². The Bertz CT molecular complexity index is 225. The number of hydrogen-bond acceptors (Lipinski definition) is 2. The monoisotopic (exact) mass is 228 g/mol. The van der Waals surface area contributed by atoms with Crippen LogP contribution in [0.1, 0.15) is 39.0 Å². The largest absolute Gasteiger partial charge is 0.465 e. The molecule has 4 nitrogen and oxygen atoms in total. The summed E-state index contributed by atoms with van der Waals surface area (Å²) in [5.74, 6) is 1.56. The van der Waals surface area contributed by atoms with Gasteiger partial charge in [-0.3, -0.25) is 0 Å². The Balaban J connectivity index is 2.23. The third kappa shape index (κ3) is 4.39. The van der Waals surface area contributed by atoms with Crippen LogP contribution in [0.25, 0.3) is 0 Å². The van der Waals surface area contributed by atoms with Gasteiger partial charge in [-0.1, -0.05) is 32.6 Å². The van der Waals surface area contributed by atoms with Crippen molar-refractivity contribution < 1.29 is 9.90 Å². The van der Waals surface area contributed by atoms with Crippen LogP contribution in [-0.2, 0) is 0 Å². The quantitative estimate of drug-likeness (QED) is 0.774. The van der Waals surface area contributed by atoms with Crippen molar-refractivity contribution in [2.45, 2.75) is 45.1 Å². The van der Waals surface area contributed by atoms with E-state index in [2.05, 4.69) is 6.92 Å². The van der Waals surface area contributed by atoms with Crippen LogP contribution in [0.3, 0.4) is 0 Å². The Morgan fingerprint density at radius 2 is 2.00 bits per heavy atom. The molecular formula is C12H24N2O2. The Labute approximate surface area is 97.8 Å². The summed E-state index contributed by atoms with van der Waals surface area (Å²) in [6, 6.07) is -0.0143. The molecule has 1 saturated carbocycles. The van der Waals surface area contributed by atoms with E-state index in [1.807, 2.05) is 0 Å². The fourth-order valence-electron chi connectivity index (χ4n) is 2.50. The number of rotatable bonds is 4. The van der Waals surface area contributed by atoms with E-state index in [4.69, 9.17) is 10.8 Å². The first-order valence-electron chi connectivity index (χ1n) is 6.18. The van der Waals surface area contributed by atoms with Crippen molar-refractivity contribution >= 4 is 6.09 Å². The topological polar surface area (TPSA) is 66.6 Å². The Morgan fingerprint density at radius 3 is 2.50 bits per heavy atom. The fraction of sp³-hybridized carbons (Fsp3) is 0.917. The Hall–Kier alpha value is -0.770. The van der Waals surface area contributed by atoms with Gasteiger partial charge in [0.15, 0.2) is 0 Å². The number of carbonyl (C=O) groups is 1. The minimum absolute atomic E-state index is 0.0143. The molecule has 1 amide bonds. The first-order chi connectivity index (χ1) is 7.49. The van der Waals surface area contributed by atoms with Gasteiger partial charge in [0, 0.05) is 19.6 Å². The summed E-state index contributed by atoms with van der Waals surface area (Å²) in [6.07, 6.45) is 5.17. The number of nitrogens with zero attached hydrogens (tertiary/aromatic N) is 1. The van der Waals surface area contributed by atoms with Crippen molar-refractivity contribution in [3.8, 4) is 0 Å². The molecule has 1 atom stereocenters. The predicted octanol–water partition coefficient (Wildman–Crippen LogP) is 2.14. The van der Waals surface area contributed by atoms with Crippen molar-refractivity contribution in [2.75, 3.05) is 13.6 Å². The summed E-state index contributed by atoms with van der Waals surface area (Å²) in [5.41, 5.74) is 5.97. The van der Waals surface area contributed by atoms with Crippen LogP contribution in [0.4, 0.5) is 4.79 Å². The van der Waals surface area contributed by atoms with Crippen LogP contribution in [0.5, 0.6) is 0 Å². The Kier molecular flexibility index (Phi) is 5.06. The maximum atomic E-state index is 10.6. The third-order valence-corrected chi connectivity index (χ3v) is 3.61. The van der Waals surface area contributed by atoms with Gasteiger partial charge in [0.05, 0.1) is 0 Å². The number of carboxylic acid groups (broad SMARTS) is 1. The smallest absolute Gasteiger partial charge is 0.407 e. The highest BCUT2D eigenvalue weighted by atomic mass is 16.4. The molecule has 1 aliphatic carbocycles. The van der Waals surface area contributed by atoms with E-state index in [1.165, 1.54) is 30.6 Å². The van der Waals surface area contributed by atoms with Gasteiger partial charge in [0.1, 0.15) is 0 Å². The normalized spacial score (nSPS) is 27.4. The minimum Gasteiger partial charge on any atom is -0.465 e. The molecule has 0 saturated heterocycles. The van der Waals surface area contributed by atoms with E-state index in [-0.39, 0.29) is 6.04 Å². The minimum atomic E-state index is -0.896. The van der Waals surface area contributed by atoms with Crippen molar-refractivity contribution in [1.29, 1.82) is 0 Å². The highest BCUT2D eigenvalue weighted by molar-refractivity contribution is 5.64. The summed E-state index contributed by atoms with van der Waals surface area (Å²) in [4.78, 5) is 11.9. The zero-order chi connectivity index (χ0) is 12.1. The molecule has 16 heavy (non-hydrogen) atoms. The van der Waals surface area contributed by atoms with Crippen LogP contribution in [-0.4, -0.2) is 35.7 Å². The first kappa shape index (κ1) is 13.3. The second-order valence-electron chi connectivity index (χ2n) is 5.28. The molecule has 1 aliphatic rings. The lowest BCUT2D eigenvalue weighted by molar-refractivity contribution is 0.150. The number of likely N-dealkylation sites (N-methyl/N-ethyl adjacent to an activating group) is 1. The van der Waals surface area contributed by atoms with Crippen LogP contribution >= 0.6 is 0 Å². The van der Waals surface area contributed by atoms with Crippen LogP contribution in [0.15, 0.2) is 0 Å². The molecule has 0 bridgehead atoms. The zero-order valence-corrected chi connectivity index (χ0v) is 10.4. The molecule has 0 aliphatic heterocycles. The highest BCUT2D eigenvalue weighted by Gasteiger charge is 2.21. The summed E-state index contributed by atoms with van der Waals surface area (Å²) < 4.78 is 0. The molecule has 4 heteroatoms. The summed E-state index contributed by atoms with van der Waals surface area (Å²) in [6.45, 7) is 2.75. The van der Waals surface area contributed by atoms with Crippen LogP contribution < -0.4 is 5.73 Å².